The summed E-state index contributed by atoms with van der Waals surface area (Å²) < 4.78 is 4.39. The normalized spacial score (nSPS) is 22.0. The number of fused-ring (bicyclic) bond motifs is 6. The van der Waals surface area contributed by atoms with Gasteiger partial charge in [-0.05, 0) is 73.9 Å². The van der Waals surface area contributed by atoms with Gasteiger partial charge in [0.05, 0.1) is 23.4 Å². The van der Waals surface area contributed by atoms with Gasteiger partial charge in [0.2, 0.25) is 0 Å². The first-order valence-corrected chi connectivity index (χ1v) is 18.2. The van der Waals surface area contributed by atoms with Crippen molar-refractivity contribution in [1.29, 1.82) is 0 Å². The van der Waals surface area contributed by atoms with Crippen LogP contribution in [0, 0.1) is 11.8 Å². The van der Waals surface area contributed by atoms with Crippen LogP contribution < -0.4 is 11.1 Å². The molecule has 10 rings (SSSR count). The highest BCUT2D eigenvalue weighted by Gasteiger charge is 2.36. The molecule has 0 spiro atoms. The standard InChI is InChI=1S/C19H19N7O.C14H17N5.C5H4N2O2/c1-11-7-12(24-19(27)14-3-2-5-23-25-14)8-13(11)16-9-21-17-10-22-18-15(26(16)17)4-6-20-18;1-8-4-9(15)5-10(8)12-6-17-13-7-18-14-11(19(12)13)2-3-16-14;8-5(9)4-2-1-3-6-7-4/h2-6,9-13,20H,7-8H2,1H3,(H,24,27);2-3,6-10,16H,4-5,15H2,1H3;1-3H,(H,8,9)/t11-,12+,13+;8-,9+,10+;/m11./s1. The summed E-state index contributed by atoms with van der Waals surface area (Å²) in [5.41, 5.74) is 14.5. The molecule has 6 N–H and O–H groups in total. The number of hydrogen-bond acceptors (Lipinski definition) is 11. The van der Waals surface area contributed by atoms with Crippen LogP contribution in [0.1, 0.15) is 83.7 Å². The molecule has 8 aromatic rings. The van der Waals surface area contributed by atoms with E-state index in [4.69, 9.17) is 10.8 Å². The van der Waals surface area contributed by atoms with Crippen LogP contribution >= 0.6 is 0 Å². The number of aromatic nitrogens is 12. The van der Waals surface area contributed by atoms with E-state index < -0.39 is 5.97 Å². The van der Waals surface area contributed by atoms with Crippen molar-refractivity contribution in [3.8, 4) is 0 Å². The Morgan fingerprint density at radius 3 is 1.76 bits per heavy atom. The summed E-state index contributed by atoms with van der Waals surface area (Å²) in [6, 6.07) is 10.8. The fourth-order valence-electron chi connectivity index (χ4n) is 8.09. The lowest BCUT2D eigenvalue weighted by atomic mass is 9.95. The van der Waals surface area contributed by atoms with E-state index >= 15 is 0 Å². The van der Waals surface area contributed by atoms with E-state index in [9.17, 15) is 9.59 Å². The Balaban J connectivity index is 0.000000132. The molecule has 0 saturated heterocycles. The van der Waals surface area contributed by atoms with E-state index in [1.165, 1.54) is 29.7 Å². The summed E-state index contributed by atoms with van der Waals surface area (Å²) in [7, 11) is 0. The Labute approximate surface area is 313 Å². The van der Waals surface area contributed by atoms with Crippen LogP contribution in [0.15, 0.2) is 86.0 Å². The lowest BCUT2D eigenvalue weighted by Gasteiger charge is -2.15. The van der Waals surface area contributed by atoms with Crippen LogP contribution in [0.2, 0.25) is 0 Å². The second-order valence-corrected chi connectivity index (χ2v) is 14.3. The third-order valence-electron chi connectivity index (χ3n) is 10.6. The molecule has 55 heavy (non-hydrogen) atoms. The average molecular weight is 741 g/mol. The smallest absolute Gasteiger partial charge is 0.356 e. The summed E-state index contributed by atoms with van der Waals surface area (Å²) in [5.74, 6) is 0.619. The van der Waals surface area contributed by atoms with Crippen LogP contribution in [-0.4, -0.2) is 88.2 Å². The maximum Gasteiger partial charge on any atom is 0.356 e. The number of H-pyrrole nitrogens is 2. The molecule has 2 aliphatic rings. The highest BCUT2D eigenvalue weighted by atomic mass is 16.4. The topological polar surface area (TPSA) is 236 Å². The van der Waals surface area contributed by atoms with Gasteiger partial charge in [0, 0.05) is 72.5 Å². The number of nitrogens with one attached hydrogen (secondary N) is 3. The van der Waals surface area contributed by atoms with Crippen molar-refractivity contribution in [2.45, 2.75) is 63.5 Å². The number of nitrogens with zero attached hydrogens (tertiary/aromatic N) is 10. The fraction of sp³-hybridized carbons (Fsp3) is 0.316. The molecule has 2 saturated carbocycles. The summed E-state index contributed by atoms with van der Waals surface area (Å²) in [6.45, 7) is 4.51. The zero-order valence-corrected chi connectivity index (χ0v) is 30.2. The number of carboxylic acid groups (broad SMARTS) is 1. The van der Waals surface area contributed by atoms with Gasteiger partial charge in [-0.25, -0.2) is 24.7 Å². The Morgan fingerprint density at radius 2 is 1.27 bits per heavy atom. The monoisotopic (exact) mass is 740 g/mol. The van der Waals surface area contributed by atoms with Gasteiger partial charge >= 0.3 is 5.97 Å². The third-order valence-corrected chi connectivity index (χ3v) is 10.6. The number of carbonyl (C=O) groups excluding carboxylic acids is 1. The number of carboxylic acids is 1. The van der Waals surface area contributed by atoms with Crippen molar-refractivity contribution in [3.05, 3.63) is 109 Å². The molecule has 2 fully saturated rings. The summed E-state index contributed by atoms with van der Waals surface area (Å²) in [5, 5.41) is 25.8. The van der Waals surface area contributed by atoms with Gasteiger partial charge in [0.1, 0.15) is 0 Å². The largest absolute Gasteiger partial charge is 0.476 e. The van der Waals surface area contributed by atoms with Gasteiger partial charge in [0.25, 0.3) is 5.91 Å². The minimum absolute atomic E-state index is 0.0301. The van der Waals surface area contributed by atoms with Gasteiger partial charge in [-0.2, -0.15) is 10.2 Å². The lowest BCUT2D eigenvalue weighted by Crippen LogP contribution is -2.33. The molecule has 0 unspecified atom stereocenters. The number of amides is 1. The minimum Gasteiger partial charge on any atom is -0.476 e. The number of aromatic amines is 2. The van der Waals surface area contributed by atoms with Crippen LogP contribution in [0.25, 0.3) is 33.6 Å². The highest BCUT2D eigenvalue weighted by molar-refractivity contribution is 5.92. The molecule has 2 aliphatic carbocycles. The number of carbonyl (C=O) groups is 2. The highest BCUT2D eigenvalue weighted by Crippen LogP contribution is 2.41. The van der Waals surface area contributed by atoms with Gasteiger partial charge in [-0.1, -0.05) is 13.8 Å². The van der Waals surface area contributed by atoms with Crippen molar-refractivity contribution < 1.29 is 14.7 Å². The number of hydrogen-bond donors (Lipinski definition) is 5. The van der Waals surface area contributed by atoms with E-state index in [1.54, 1.807) is 24.5 Å². The Hall–Kier alpha value is -6.62. The van der Waals surface area contributed by atoms with Gasteiger partial charge in [-0.3, -0.25) is 13.6 Å². The van der Waals surface area contributed by atoms with E-state index in [-0.39, 0.29) is 17.6 Å². The average Bonchev–Trinajstić information content (AvgIpc) is 4.05. The second kappa shape index (κ2) is 15.0. The van der Waals surface area contributed by atoms with Gasteiger partial charge < -0.3 is 26.1 Å². The molecule has 8 aromatic heterocycles. The predicted molar refractivity (Wildman–Crippen MR) is 202 cm³/mol. The zero-order valence-electron chi connectivity index (χ0n) is 30.2. The minimum atomic E-state index is -1.05. The molecule has 17 heteroatoms. The molecular formula is C38H40N14O3. The number of nitrogens with two attached hydrogens (primary N) is 1. The van der Waals surface area contributed by atoms with E-state index in [1.807, 2.05) is 37.1 Å². The molecule has 0 radical (unpaired) electrons. The zero-order chi connectivity index (χ0) is 38.1. The van der Waals surface area contributed by atoms with E-state index in [2.05, 4.69) is 84.3 Å². The molecule has 0 aromatic carbocycles. The predicted octanol–water partition coefficient (Wildman–Crippen LogP) is 4.54. The van der Waals surface area contributed by atoms with Gasteiger partial charge in [0.15, 0.2) is 34.0 Å². The van der Waals surface area contributed by atoms with Crippen LogP contribution in [-0.2, 0) is 0 Å². The van der Waals surface area contributed by atoms with Crippen molar-refractivity contribution in [2.24, 2.45) is 17.6 Å². The van der Waals surface area contributed by atoms with Crippen molar-refractivity contribution in [3.63, 3.8) is 0 Å². The molecular weight excluding hydrogens is 701 g/mol. The fourth-order valence-corrected chi connectivity index (χ4v) is 8.09. The molecule has 0 bridgehead atoms. The molecule has 280 valence electrons. The maximum atomic E-state index is 12.4. The van der Waals surface area contributed by atoms with Crippen LogP contribution in [0.4, 0.5) is 0 Å². The number of rotatable bonds is 5. The van der Waals surface area contributed by atoms with Crippen LogP contribution in [0.5, 0.6) is 0 Å². The second-order valence-electron chi connectivity index (χ2n) is 14.3. The van der Waals surface area contributed by atoms with Gasteiger partial charge in [-0.15, -0.1) is 10.2 Å². The quantitative estimate of drug-likeness (QED) is 0.164. The molecule has 8 heterocycles. The Morgan fingerprint density at radius 1 is 0.727 bits per heavy atom. The summed E-state index contributed by atoms with van der Waals surface area (Å²) in [4.78, 5) is 46.6. The SMILES string of the molecule is C[C@@H]1C[C@H](N)C[C@@H]1c1cnc2cnc3[nH]ccc3n12.C[C@@H]1C[C@H](NC(=O)c2cccnn2)C[C@@H]1c1cnc2cnc3[nH]ccc3n12.O=C(O)c1cccnn1. The van der Waals surface area contributed by atoms with E-state index in [0.717, 1.165) is 59.3 Å². The first-order valence-electron chi connectivity index (χ1n) is 18.2. The summed E-state index contributed by atoms with van der Waals surface area (Å²) >= 11 is 0. The lowest BCUT2D eigenvalue weighted by molar-refractivity contribution is 0.0688. The van der Waals surface area contributed by atoms with E-state index in [0.29, 0.717) is 35.4 Å². The van der Waals surface area contributed by atoms with Crippen molar-refractivity contribution >= 4 is 45.5 Å². The first-order chi connectivity index (χ1) is 26.7. The Kier molecular flexibility index (Phi) is 9.67. The molecule has 17 nitrogen and oxygen atoms in total. The third kappa shape index (κ3) is 7.08. The van der Waals surface area contributed by atoms with Crippen molar-refractivity contribution in [2.75, 3.05) is 0 Å². The van der Waals surface area contributed by atoms with Crippen LogP contribution in [0.3, 0.4) is 0 Å². The number of aromatic carboxylic acids is 1. The first kappa shape index (κ1) is 35.4. The molecule has 1 amide bonds. The Bertz CT molecular complexity index is 2580. The number of imidazole rings is 2. The molecule has 0 aliphatic heterocycles. The summed E-state index contributed by atoms with van der Waals surface area (Å²) in [6.07, 6.45) is 18.3. The van der Waals surface area contributed by atoms with Crippen molar-refractivity contribution in [1.82, 2.24) is 64.4 Å². The molecule has 6 atom stereocenters. The maximum absolute atomic E-state index is 12.4.